The summed E-state index contributed by atoms with van der Waals surface area (Å²) in [6.07, 6.45) is 2.67. The Labute approximate surface area is 163 Å². The fraction of sp³-hybridized carbons (Fsp3) is 0.619. The van der Waals surface area contributed by atoms with E-state index in [9.17, 15) is 4.79 Å². The minimum absolute atomic E-state index is 0.135. The van der Waals surface area contributed by atoms with Crippen LogP contribution in [0.2, 0.25) is 0 Å². The molecule has 27 heavy (non-hydrogen) atoms. The van der Waals surface area contributed by atoms with Crippen LogP contribution in [-0.2, 0) is 11.3 Å². The molecule has 1 amide bonds. The van der Waals surface area contributed by atoms with E-state index in [0.717, 1.165) is 44.2 Å². The zero-order valence-electron chi connectivity index (χ0n) is 17.1. The molecule has 0 saturated carbocycles. The van der Waals surface area contributed by atoms with E-state index < -0.39 is 0 Å². The van der Waals surface area contributed by atoms with Gasteiger partial charge in [-0.3, -0.25) is 9.79 Å². The average Bonchev–Trinajstić information content (AvgIpc) is 2.68. The molecule has 0 unspecified atom stereocenters. The van der Waals surface area contributed by atoms with Crippen molar-refractivity contribution in [3.8, 4) is 5.75 Å². The highest BCUT2D eigenvalue weighted by molar-refractivity contribution is 5.80. The fourth-order valence-electron chi connectivity index (χ4n) is 3.23. The number of amides is 1. The predicted molar refractivity (Wildman–Crippen MR) is 110 cm³/mol. The van der Waals surface area contributed by atoms with Crippen molar-refractivity contribution in [1.82, 2.24) is 15.5 Å². The van der Waals surface area contributed by atoms with Gasteiger partial charge >= 0.3 is 0 Å². The van der Waals surface area contributed by atoms with Crippen LogP contribution in [0.5, 0.6) is 5.75 Å². The van der Waals surface area contributed by atoms with Crippen molar-refractivity contribution in [3.05, 3.63) is 29.8 Å². The summed E-state index contributed by atoms with van der Waals surface area (Å²) in [5, 5.41) is 6.17. The second-order valence-electron chi connectivity index (χ2n) is 7.56. The highest BCUT2D eigenvalue weighted by Gasteiger charge is 2.23. The third kappa shape index (κ3) is 7.12. The summed E-state index contributed by atoms with van der Waals surface area (Å²) >= 11 is 0. The third-order valence-corrected chi connectivity index (χ3v) is 4.81. The summed E-state index contributed by atoms with van der Waals surface area (Å²) in [5.74, 6) is 2.94. The minimum Gasteiger partial charge on any atom is -0.493 e. The lowest BCUT2D eigenvalue weighted by atomic mass is 9.93. The largest absolute Gasteiger partial charge is 0.493 e. The number of carbonyl (C=O) groups is 1. The average molecular weight is 375 g/mol. The maximum atomic E-state index is 11.6. The van der Waals surface area contributed by atoms with Gasteiger partial charge in [-0.1, -0.05) is 26.0 Å². The van der Waals surface area contributed by atoms with Gasteiger partial charge in [0.1, 0.15) is 5.75 Å². The van der Waals surface area contributed by atoms with Crippen LogP contribution in [0, 0.1) is 11.8 Å². The van der Waals surface area contributed by atoms with Crippen LogP contribution in [0.3, 0.4) is 0 Å². The number of benzene rings is 1. The van der Waals surface area contributed by atoms with Gasteiger partial charge in [-0.15, -0.1) is 0 Å². The first kappa shape index (κ1) is 21.1. The number of piperidine rings is 1. The Morgan fingerprint density at radius 3 is 2.70 bits per heavy atom. The molecular formula is C21H34N4O2. The van der Waals surface area contributed by atoms with Crippen molar-refractivity contribution in [2.75, 3.05) is 33.8 Å². The molecule has 1 aliphatic rings. The lowest BCUT2D eigenvalue weighted by molar-refractivity contribution is -0.121. The number of rotatable bonds is 7. The van der Waals surface area contributed by atoms with E-state index in [4.69, 9.17) is 4.74 Å². The Bertz CT molecular complexity index is 622. The Kier molecular flexibility index (Phi) is 8.43. The van der Waals surface area contributed by atoms with Gasteiger partial charge in [-0.2, -0.15) is 0 Å². The second kappa shape index (κ2) is 10.8. The molecule has 150 valence electrons. The monoisotopic (exact) mass is 374 g/mol. The van der Waals surface area contributed by atoms with Crippen molar-refractivity contribution in [1.29, 1.82) is 0 Å². The highest BCUT2D eigenvalue weighted by Crippen LogP contribution is 2.20. The Morgan fingerprint density at radius 2 is 2.07 bits per heavy atom. The molecule has 0 bridgehead atoms. The predicted octanol–water partition coefficient (Wildman–Crippen LogP) is 2.64. The number of nitrogens with zero attached hydrogens (tertiary/aromatic N) is 2. The van der Waals surface area contributed by atoms with Crippen LogP contribution in [0.4, 0.5) is 0 Å². The summed E-state index contributed by atoms with van der Waals surface area (Å²) in [6, 6.07) is 8.20. The molecule has 2 rings (SSSR count). The van der Waals surface area contributed by atoms with Crippen molar-refractivity contribution in [3.63, 3.8) is 0 Å². The SMILES string of the molecule is CN=C(NCc1cccc(OCC(C)C)c1)N1CCC(CC(=O)NC)CC1. The van der Waals surface area contributed by atoms with Gasteiger partial charge in [0.25, 0.3) is 0 Å². The second-order valence-corrected chi connectivity index (χ2v) is 7.56. The van der Waals surface area contributed by atoms with Gasteiger partial charge in [0.05, 0.1) is 6.61 Å². The van der Waals surface area contributed by atoms with Crippen LogP contribution in [0.15, 0.2) is 29.3 Å². The summed E-state index contributed by atoms with van der Waals surface area (Å²) in [4.78, 5) is 18.3. The first-order valence-electron chi connectivity index (χ1n) is 9.89. The van der Waals surface area contributed by atoms with E-state index in [1.807, 2.05) is 19.2 Å². The van der Waals surface area contributed by atoms with Gasteiger partial charge in [0.2, 0.25) is 5.91 Å². The van der Waals surface area contributed by atoms with E-state index in [0.29, 0.717) is 24.8 Å². The quantitative estimate of drug-likeness (QED) is 0.569. The number of nitrogens with one attached hydrogen (secondary N) is 2. The van der Waals surface area contributed by atoms with Gasteiger partial charge in [0, 0.05) is 40.2 Å². The smallest absolute Gasteiger partial charge is 0.220 e. The molecule has 1 aromatic rings. The molecule has 0 radical (unpaired) electrons. The van der Waals surface area contributed by atoms with Crippen LogP contribution < -0.4 is 15.4 Å². The van der Waals surface area contributed by atoms with E-state index >= 15 is 0 Å². The number of ether oxygens (including phenoxy) is 1. The number of hydrogen-bond acceptors (Lipinski definition) is 3. The van der Waals surface area contributed by atoms with E-state index in [1.165, 1.54) is 5.56 Å². The molecule has 6 heteroatoms. The van der Waals surface area contributed by atoms with Crippen molar-refractivity contribution < 1.29 is 9.53 Å². The maximum Gasteiger partial charge on any atom is 0.220 e. The minimum atomic E-state index is 0.135. The highest BCUT2D eigenvalue weighted by atomic mass is 16.5. The molecule has 6 nitrogen and oxygen atoms in total. The number of aliphatic imine (C=N–C) groups is 1. The molecule has 1 heterocycles. The molecule has 0 atom stereocenters. The number of likely N-dealkylation sites (tertiary alicyclic amines) is 1. The molecule has 2 N–H and O–H groups in total. The lowest BCUT2D eigenvalue weighted by Gasteiger charge is -2.34. The van der Waals surface area contributed by atoms with Crippen molar-refractivity contribution >= 4 is 11.9 Å². The summed E-state index contributed by atoms with van der Waals surface area (Å²) < 4.78 is 5.81. The lowest BCUT2D eigenvalue weighted by Crippen LogP contribution is -2.45. The van der Waals surface area contributed by atoms with E-state index in [2.05, 4.69) is 46.5 Å². The van der Waals surface area contributed by atoms with Gasteiger partial charge in [-0.05, 0) is 42.4 Å². The number of guanidine groups is 1. The zero-order chi connectivity index (χ0) is 19.6. The van der Waals surface area contributed by atoms with Crippen LogP contribution in [0.1, 0.15) is 38.7 Å². The van der Waals surface area contributed by atoms with Crippen LogP contribution >= 0.6 is 0 Å². The fourth-order valence-corrected chi connectivity index (χ4v) is 3.23. The van der Waals surface area contributed by atoms with Crippen molar-refractivity contribution in [2.45, 2.75) is 39.7 Å². The zero-order valence-corrected chi connectivity index (χ0v) is 17.1. The first-order chi connectivity index (χ1) is 13.0. The summed E-state index contributed by atoms with van der Waals surface area (Å²) in [6.45, 7) is 7.59. The Morgan fingerprint density at radius 1 is 1.33 bits per heavy atom. The molecule has 1 saturated heterocycles. The first-order valence-corrected chi connectivity index (χ1v) is 9.89. The molecule has 1 fully saturated rings. The molecule has 1 aliphatic heterocycles. The van der Waals surface area contributed by atoms with Gasteiger partial charge in [-0.25, -0.2) is 0 Å². The van der Waals surface area contributed by atoms with Crippen LogP contribution in [0.25, 0.3) is 0 Å². The molecular weight excluding hydrogens is 340 g/mol. The summed E-state index contributed by atoms with van der Waals surface area (Å²) in [5.41, 5.74) is 1.17. The van der Waals surface area contributed by atoms with Gasteiger partial charge < -0.3 is 20.3 Å². The van der Waals surface area contributed by atoms with E-state index in [-0.39, 0.29) is 5.91 Å². The maximum absolute atomic E-state index is 11.6. The Balaban J connectivity index is 1.82. The normalized spacial score (nSPS) is 15.7. The van der Waals surface area contributed by atoms with Crippen LogP contribution in [-0.4, -0.2) is 50.6 Å². The van der Waals surface area contributed by atoms with Gasteiger partial charge in [0.15, 0.2) is 5.96 Å². The molecule has 0 spiro atoms. The third-order valence-electron chi connectivity index (χ3n) is 4.81. The number of hydrogen-bond donors (Lipinski definition) is 2. The molecule has 0 aromatic heterocycles. The molecule has 1 aromatic carbocycles. The molecule has 0 aliphatic carbocycles. The topological polar surface area (TPSA) is 66.0 Å². The van der Waals surface area contributed by atoms with Crippen molar-refractivity contribution in [2.24, 2.45) is 16.8 Å². The number of carbonyl (C=O) groups excluding carboxylic acids is 1. The Hall–Kier alpha value is -2.24. The summed E-state index contributed by atoms with van der Waals surface area (Å²) in [7, 11) is 3.52. The standard InChI is InChI=1S/C21H34N4O2/c1-16(2)15-27-19-7-5-6-18(12-19)14-24-21(23-4)25-10-8-17(9-11-25)13-20(26)22-3/h5-7,12,16-17H,8-11,13-15H2,1-4H3,(H,22,26)(H,23,24). The van der Waals surface area contributed by atoms with E-state index in [1.54, 1.807) is 7.05 Å².